The van der Waals surface area contributed by atoms with Crippen molar-refractivity contribution in [3.8, 4) is 5.75 Å². The number of ether oxygens (including phenoxy) is 1. The first-order chi connectivity index (χ1) is 8.99. The maximum absolute atomic E-state index is 13.7. The van der Waals surface area contributed by atoms with E-state index in [0.29, 0.717) is 17.1 Å². The molecule has 0 amide bonds. The van der Waals surface area contributed by atoms with E-state index in [4.69, 9.17) is 14.3 Å². The molecule has 0 atom stereocenters. The summed E-state index contributed by atoms with van der Waals surface area (Å²) in [6, 6.07) is 6.22. The molecule has 0 saturated carbocycles. The summed E-state index contributed by atoms with van der Waals surface area (Å²) in [4.78, 5) is 10.8. The minimum Gasteiger partial charge on any atom is -0.483 e. The highest BCUT2D eigenvalue weighted by molar-refractivity contribution is 5.88. The predicted molar refractivity (Wildman–Crippen MR) is 65.9 cm³/mol. The molecule has 0 unspecified atom stereocenters. The summed E-state index contributed by atoms with van der Waals surface area (Å²) in [6.45, 7) is 3.18. The zero-order chi connectivity index (χ0) is 14.0. The van der Waals surface area contributed by atoms with Crippen molar-refractivity contribution in [1.82, 2.24) is 0 Å². The number of aryl methyl sites for hydroxylation is 2. The van der Waals surface area contributed by atoms with Gasteiger partial charge in [-0.15, -0.1) is 0 Å². The largest absolute Gasteiger partial charge is 0.483 e. The van der Waals surface area contributed by atoms with E-state index in [0.717, 1.165) is 0 Å². The average Bonchev–Trinajstić information content (AvgIpc) is 2.73. The Kier molecular flexibility index (Phi) is 3.55. The Bertz CT molecular complexity index is 616. The first-order valence-electron chi connectivity index (χ1n) is 5.69. The van der Waals surface area contributed by atoms with Crippen molar-refractivity contribution in [1.29, 1.82) is 0 Å². The molecule has 1 aromatic heterocycles. The van der Waals surface area contributed by atoms with E-state index in [1.54, 1.807) is 26.0 Å². The molecule has 0 spiro atoms. The average molecular weight is 264 g/mol. The van der Waals surface area contributed by atoms with Crippen LogP contribution in [-0.2, 0) is 6.61 Å². The number of halogens is 1. The highest BCUT2D eigenvalue weighted by Crippen LogP contribution is 2.22. The van der Waals surface area contributed by atoms with Gasteiger partial charge >= 0.3 is 5.97 Å². The third kappa shape index (κ3) is 2.76. The normalized spacial score (nSPS) is 10.5. The zero-order valence-corrected chi connectivity index (χ0v) is 10.6. The molecule has 4 nitrogen and oxygen atoms in total. The molecule has 1 N–H and O–H groups in total. The number of hydrogen-bond acceptors (Lipinski definition) is 3. The summed E-state index contributed by atoms with van der Waals surface area (Å²) in [6.07, 6.45) is 0. The number of rotatable bonds is 4. The van der Waals surface area contributed by atoms with Gasteiger partial charge in [0.2, 0.25) is 0 Å². The molecule has 0 aliphatic carbocycles. The van der Waals surface area contributed by atoms with Gasteiger partial charge in [0.1, 0.15) is 23.7 Å². The lowest BCUT2D eigenvalue weighted by Crippen LogP contribution is -1.98. The van der Waals surface area contributed by atoms with E-state index in [2.05, 4.69) is 0 Å². The number of aromatic carboxylic acids is 1. The molecule has 0 aliphatic heterocycles. The topological polar surface area (TPSA) is 59.7 Å². The summed E-state index contributed by atoms with van der Waals surface area (Å²) < 4.78 is 24.2. The fourth-order valence-electron chi connectivity index (χ4n) is 1.71. The van der Waals surface area contributed by atoms with Crippen molar-refractivity contribution in [2.24, 2.45) is 0 Å². The number of carboxylic acids is 1. The lowest BCUT2D eigenvalue weighted by molar-refractivity contribution is 0.0695. The molecular formula is C14H13FO4. The second-order valence-electron chi connectivity index (χ2n) is 4.16. The van der Waals surface area contributed by atoms with Crippen molar-refractivity contribution in [3.05, 3.63) is 52.7 Å². The summed E-state index contributed by atoms with van der Waals surface area (Å²) in [5, 5.41) is 8.88. The van der Waals surface area contributed by atoms with Gasteiger partial charge in [0.15, 0.2) is 11.6 Å². The van der Waals surface area contributed by atoms with Crippen LogP contribution in [-0.4, -0.2) is 11.1 Å². The van der Waals surface area contributed by atoms with Crippen LogP contribution >= 0.6 is 0 Å². The number of carboxylic acid groups (broad SMARTS) is 1. The van der Waals surface area contributed by atoms with Crippen molar-refractivity contribution in [2.45, 2.75) is 20.5 Å². The smallest absolute Gasteiger partial charge is 0.339 e. The predicted octanol–water partition coefficient (Wildman–Crippen LogP) is 3.31. The second-order valence-corrected chi connectivity index (χ2v) is 4.16. The minimum absolute atomic E-state index is 0.0194. The summed E-state index contributed by atoms with van der Waals surface area (Å²) in [5.74, 6) is -0.726. The lowest BCUT2D eigenvalue weighted by atomic mass is 10.2. The van der Waals surface area contributed by atoms with Crippen LogP contribution < -0.4 is 4.74 Å². The molecule has 1 aromatic carbocycles. The van der Waals surface area contributed by atoms with Crippen molar-refractivity contribution < 1.29 is 23.4 Å². The molecule has 0 fully saturated rings. The summed E-state index contributed by atoms with van der Waals surface area (Å²) >= 11 is 0. The van der Waals surface area contributed by atoms with Gasteiger partial charge < -0.3 is 14.3 Å². The standard InChI is InChI=1S/C14H13FO4/c1-8-4-3-5-12(13(8)15)18-7-10-6-11(14(16)17)9(2)19-10/h3-6H,7H2,1-2H3,(H,16,17). The van der Waals surface area contributed by atoms with Crippen LogP contribution in [0, 0.1) is 19.7 Å². The maximum Gasteiger partial charge on any atom is 0.339 e. The molecule has 5 heteroatoms. The van der Waals surface area contributed by atoms with Crippen LogP contribution in [0.15, 0.2) is 28.7 Å². The number of carbonyl (C=O) groups is 1. The van der Waals surface area contributed by atoms with E-state index >= 15 is 0 Å². The molecule has 0 saturated heterocycles. The molecule has 1 heterocycles. The first kappa shape index (κ1) is 13.1. The highest BCUT2D eigenvalue weighted by atomic mass is 19.1. The van der Waals surface area contributed by atoms with E-state index in [1.807, 2.05) is 0 Å². The Morgan fingerprint density at radius 1 is 1.42 bits per heavy atom. The van der Waals surface area contributed by atoms with Gasteiger partial charge in [-0.2, -0.15) is 0 Å². The van der Waals surface area contributed by atoms with Crippen LogP contribution in [0.3, 0.4) is 0 Å². The molecule has 0 radical (unpaired) electrons. The van der Waals surface area contributed by atoms with Crippen LogP contribution in [0.5, 0.6) is 5.75 Å². The Hall–Kier alpha value is -2.30. The first-order valence-corrected chi connectivity index (χ1v) is 5.69. The van der Waals surface area contributed by atoms with Crippen LogP contribution in [0.25, 0.3) is 0 Å². The second kappa shape index (κ2) is 5.14. The van der Waals surface area contributed by atoms with Crippen molar-refractivity contribution in [3.63, 3.8) is 0 Å². The summed E-state index contributed by atoms with van der Waals surface area (Å²) in [5.41, 5.74) is 0.572. The quantitative estimate of drug-likeness (QED) is 0.920. The Morgan fingerprint density at radius 2 is 2.16 bits per heavy atom. The van der Waals surface area contributed by atoms with Crippen molar-refractivity contribution >= 4 is 5.97 Å². The van der Waals surface area contributed by atoms with Crippen LogP contribution in [0.1, 0.15) is 27.4 Å². The van der Waals surface area contributed by atoms with Gasteiger partial charge in [-0.3, -0.25) is 0 Å². The van der Waals surface area contributed by atoms with E-state index < -0.39 is 11.8 Å². The number of hydrogen-bond donors (Lipinski definition) is 1. The molecule has 2 aromatic rings. The van der Waals surface area contributed by atoms with Gasteiger partial charge in [-0.1, -0.05) is 12.1 Å². The fraction of sp³-hybridized carbons (Fsp3) is 0.214. The zero-order valence-electron chi connectivity index (χ0n) is 10.6. The van der Waals surface area contributed by atoms with Gasteiger partial charge in [0.25, 0.3) is 0 Å². The fourth-order valence-corrected chi connectivity index (χ4v) is 1.71. The summed E-state index contributed by atoms with van der Waals surface area (Å²) in [7, 11) is 0. The highest BCUT2D eigenvalue weighted by Gasteiger charge is 2.14. The molecular weight excluding hydrogens is 251 g/mol. The maximum atomic E-state index is 13.7. The Labute approximate surface area is 109 Å². The minimum atomic E-state index is -1.06. The lowest BCUT2D eigenvalue weighted by Gasteiger charge is -2.06. The van der Waals surface area contributed by atoms with Gasteiger partial charge in [-0.05, 0) is 31.5 Å². The van der Waals surface area contributed by atoms with Crippen LogP contribution in [0.2, 0.25) is 0 Å². The Balaban J connectivity index is 2.13. The van der Waals surface area contributed by atoms with Crippen molar-refractivity contribution in [2.75, 3.05) is 0 Å². The number of benzene rings is 1. The SMILES string of the molecule is Cc1cccc(OCc2cc(C(=O)O)c(C)o2)c1F. The molecule has 2 rings (SSSR count). The van der Waals surface area contributed by atoms with Gasteiger partial charge in [-0.25, -0.2) is 9.18 Å². The van der Waals surface area contributed by atoms with E-state index in [1.165, 1.54) is 12.1 Å². The Morgan fingerprint density at radius 3 is 2.79 bits per heavy atom. The van der Waals surface area contributed by atoms with E-state index in [-0.39, 0.29) is 17.9 Å². The van der Waals surface area contributed by atoms with Crippen LogP contribution in [0.4, 0.5) is 4.39 Å². The third-order valence-corrected chi connectivity index (χ3v) is 2.73. The monoisotopic (exact) mass is 264 g/mol. The van der Waals surface area contributed by atoms with Gasteiger partial charge in [0.05, 0.1) is 0 Å². The number of furan rings is 1. The molecule has 0 aliphatic rings. The molecule has 19 heavy (non-hydrogen) atoms. The van der Waals surface area contributed by atoms with Gasteiger partial charge in [0, 0.05) is 0 Å². The molecule has 0 bridgehead atoms. The van der Waals surface area contributed by atoms with E-state index in [9.17, 15) is 9.18 Å². The third-order valence-electron chi connectivity index (χ3n) is 2.73. The molecule has 100 valence electrons.